The van der Waals surface area contributed by atoms with E-state index in [0.29, 0.717) is 18.9 Å². The molecule has 4 unspecified atom stereocenters. The lowest BCUT2D eigenvalue weighted by molar-refractivity contribution is -0.183. The van der Waals surface area contributed by atoms with E-state index >= 15 is 0 Å². The molecule has 0 heterocycles. The lowest BCUT2D eigenvalue weighted by Gasteiger charge is -2.32. The molecule has 2 rings (SSSR count). The lowest BCUT2D eigenvalue weighted by atomic mass is 9.85. The zero-order valence-electron chi connectivity index (χ0n) is 10.8. The molecule has 2 aliphatic carbocycles. The Hall–Kier alpha value is -0.290. The fourth-order valence-corrected chi connectivity index (χ4v) is 3.28. The Morgan fingerprint density at radius 1 is 1.00 bits per heavy atom. The smallest absolute Gasteiger partial charge is 0.381 e. The first kappa shape index (κ1) is 14.1. The highest BCUT2D eigenvalue weighted by molar-refractivity contribution is 4.87. The van der Waals surface area contributed by atoms with E-state index in [0.717, 1.165) is 25.7 Å². The Morgan fingerprint density at radius 3 is 2.33 bits per heavy atom. The molecule has 0 amide bonds. The van der Waals surface area contributed by atoms with E-state index in [2.05, 4.69) is 5.32 Å². The number of ether oxygens (including phenoxy) is 1. The number of hydrogen-bond donors (Lipinski definition) is 1. The van der Waals surface area contributed by atoms with Gasteiger partial charge in [0.2, 0.25) is 0 Å². The van der Waals surface area contributed by atoms with Gasteiger partial charge in [-0.1, -0.05) is 6.42 Å². The van der Waals surface area contributed by atoms with Crippen LogP contribution in [0.2, 0.25) is 0 Å². The summed E-state index contributed by atoms with van der Waals surface area (Å²) in [5, 5.41) is 3.40. The molecule has 0 saturated heterocycles. The summed E-state index contributed by atoms with van der Waals surface area (Å²) in [6.07, 6.45) is 1.34. The molecule has 18 heavy (non-hydrogen) atoms. The van der Waals surface area contributed by atoms with Gasteiger partial charge in [0.1, 0.15) is 0 Å². The van der Waals surface area contributed by atoms with Crippen molar-refractivity contribution in [3.05, 3.63) is 0 Å². The first-order chi connectivity index (χ1) is 8.49. The molecule has 2 nitrogen and oxygen atoms in total. The van der Waals surface area contributed by atoms with E-state index in [4.69, 9.17) is 4.74 Å². The molecule has 0 aromatic carbocycles. The van der Waals surface area contributed by atoms with Crippen molar-refractivity contribution in [2.75, 3.05) is 7.11 Å². The zero-order valence-corrected chi connectivity index (χ0v) is 10.8. The third-order valence-corrected chi connectivity index (χ3v) is 4.33. The average Bonchev–Trinajstić information content (AvgIpc) is 2.76. The van der Waals surface area contributed by atoms with Crippen LogP contribution >= 0.6 is 0 Å². The molecule has 2 fully saturated rings. The summed E-state index contributed by atoms with van der Waals surface area (Å²) in [7, 11) is 1.70. The molecule has 2 aliphatic rings. The molecule has 5 heteroatoms. The van der Waals surface area contributed by atoms with Gasteiger partial charge in [-0.25, -0.2) is 0 Å². The monoisotopic (exact) mass is 265 g/mol. The highest BCUT2D eigenvalue weighted by atomic mass is 19.4. The second-order valence-corrected chi connectivity index (χ2v) is 5.64. The van der Waals surface area contributed by atoms with Gasteiger partial charge in [0.15, 0.2) is 0 Å². The number of methoxy groups -OCH3 is 1. The normalized spacial score (nSPS) is 38.0. The Balaban J connectivity index is 1.80. The van der Waals surface area contributed by atoms with Crippen LogP contribution < -0.4 is 5.32 Å². The summed E-state index contributed by atoms with van der Waals surface area (Å²) in [5.41, 5.74) is 0. The van der Waals surface area contributed by atoms with Crippen molar-refractivity contribution >= 4 is 0 Å². The molecule has 106 valence electrons. The maximum atomic E-state index is 12.7. The quantitative estimate of drug-likeness (QED) is 0.845. The van der Waals surface area contributed by atoms with E-state index in [1.807, 2.05) is 0 Å². The fourth-order valence-electron chi connectivity index (χ4n) is 3.28. The topological polar surface area (TPSA) is 21.3 Å². The Bertz CT molecular complexity index is 269. The van der Waals surface area contributed by atoms with Gasteiger partial charge in [-0.3, -0.25) is 0 Å². The third-order valence-electron chi connectivity index (χ3n) is 4.33. The van der Waals surface area contributed by atoms with Crippen LogP contribution in [0, 0.1) is 5.92 Å². The van der Waals surface area contributed by atoms with Crippen LogP contribution in [-0.2, 0) is 4.74 Å². The number of hydrogen-bond acceptors (Lipinski definition) is 2. The SMILES string of the molecule is COC1CCC(NC2CCCC(C(F)(F)F)C2)C1. The summed E-state index contributed by atoms with van der Waals surface area (Å²) in [5.74, 6) is -1.11. The number of nitrogens with one attached hydrogen (secondary N) is 1. The largest absolute Gasteiger partial charge is 0.391 e. The molecule has 0 aliphatic heterocycles. The minimum atomic E-state index is -4.02. The predicted octanol–water partition coefficient (Wildman–Crippen LogP) is 3.26. The van der Waals surface area contributed by atoms with Gasteiger partial charge in [-0.15, -0.1) is 0 Å². The van der Waals surface area contributed by atoms with Gasteiger partial charge in [-0.05, 0) is 38.5 Å². The first-order valence-electron chi connectivity index (χ1n) is 6.84. The molecule has 0 aromatic rings. The highest BCUT2D eigenvalue weighted by Gasteiger charge is 2.42. The maximum absolute atomic E-state index is 12.7. The van der Waals surface area contributed by atoms with E-state index in [-0.39, 0.29) is 18.6 Å². The standard InChI is InChI=1S/C13H22F3NO/c1-18-12-6-5-11(8-12)17-10-4-2-3-9(7-10)13(14,15)16/h9-12,17H,2-8H2,1H3. The second-order valence-electron chi connectivity index (χ2n) is 5.64. The molecule has 1 N–H and O–H groups in total. The summed E-state index contributed by atoms with van der Waals surface area (Å²) < 4.78 is 43.4. The van der Waals surface area contributed by atoms with E-state index in [1.165, 1.54) is 0 Å². The van der Waals surface area contributed by atoms with Crippen LogP contribution in [0.25, 0.3) is 0 Å². The number of alkyl halides is 3. The Labute approximate surface area is 106 Å². The minimum absolute atomic E-state index is 0.0333. The van der Waals surface area contributed by atoms with Crippen LogP contribution in [0.5, 0.6) is 0 Å². The van der Waals surface area contributed by atoms with Crippen LogP contribution in [0.15, 0.2) is 0 Å². The van der Waals surface area contributed by atoms with Crippen molar-refractivity contribution in [1.29, 1.82) is 0 Å². The molecular formula is C13H22F3NO. The summed E-state index contributed by atoms with van der Waals surface area (Å²) in [6, 6.07) is 0.373. The molecule has 0 aromatic heterocycles. The first-order valence-corrected chi connectivity index (χ1v) is 6.84. The summed E-state index contributed by atoms with van der Waals surface area (Å²) in [6.45, 7) is 0. The molecule has 0 bridgehead atoms. The molecule has 2 saturated carbocycles. The zero-order chi connectivity index (χ0) is 13.2. The Kier molecular flexibility index (Phi) is 4.54. The van der Waals surface area contributed by atoms with Gasteiger partial charge in [0.25, 0.3) is 0 Å². The average molecular weight is 265 g/mol. The maximum Gasteiger partial charge on any atom is 0.391 e. The van der Waals surface area contributed by atoms with Crippen LogP contribution in [-0.4, -0.2) is 31.5 Å². The van der Waals surface area contributed by atoms with Crippen molar-refractivity contribution in [3.63, 3.8) is 0 Å². The molecule has 4 atom stereocenters. The van der Waals surface area contributed by atoms with Crippen molar-refractivity contribution in [2.24, 2.45) is 5.92 Å². The lowest BCUT2D eigenvalue weighted by Crippen LogP contribution is -2.43. The summed E-state index contributed by atoms with van der Waals surface area (Å²) in [4.78, 5) is 0. The van der Waals surface area contributed by atoms with Gasteiger partial charge >= 0.3 is 6.18 Å². The second kappa shape index (κ2) is 5.78. The van der Waals surface area contributed by atoms with Crippen molar-refractivity contribution in [1.82, 2.24) is 5.32 Å². The number of halogens is 3. The third kappa shape index (κ3) is 3.60. The molecule has 0 spiro atoms. The minimum Gasteiger partial charge on any atom is -0.381 e. The van der Waals surface area contributed by atoms with Crippen molar-refractivity contribution in [2.45, 2.75) is 69.3 Å². The van der Waals surface area contributed by atoms with Crippen LogP contribution in [0.3, 0.4) is 0 Å². The van der Waals surface area contributed by atoms with Gasteiger partial charge in [-0.2, -0.15) is 13.2 Å². The van der Waals surface area contributed by atoms with E-state index < -0.39 is 12.1 Å². The molecule has 0 radical (unpaired) electrons. The highest BCUT2D eigenvalue weighted by Crippen LogP contribution is 2.38. The Morgan fingerprint density at radius 2 is 1.72 bits per heavy atom. The molecular weight excluding hydrogens is 243 g/mol. The number of rotatable bonds is 3. The fraction of sp³-hybridized carbons (Fsp3) is 1.00. The van der Waals surface area contributed by atoms with Gasteiger partial charge in [0, 0.05) is 19.2 Å². The van der Waals surface area contributed by atoms with Gasteiger partial charge < -0.3 is 10.1 Å². The van der Waals surface area contributed by atoms with Crippen LogP contribution in [0.4, 0.5) is 13.2 Å². The van der Waals surface area contributed by atoms with Crippen molar-refractivity contribution in [3.8, 4) is 0 Å². The van der Waals surface area contributed by atoms with E-state index in [9.17, 15) is 13.2 Å². The van der Waals surface area contributed by atoms with Crippen LogP contribution in [0.1, 0.15) is 44.9 Å². The van der Waals surface area contributed by atoms with Gasteiger partial charge in [0.05, 0.1) is 12.0 Å². The van der Waals surface area contributed by atoms with Crippen molar-refractivity contribution < 1.29 is 17.9 Å². The predicted molar refractivity (Wildman–Crippen MR) is 63.4 cm³/mol. The summed E-state index contributed by atoms with van der Waals surface area (Å²) >= 11 is 0. The van der Waals surface area contributed by atoms with E-state index in [1.54, 1.807) is 7.11 Å².